The van der Waals surface area contributed by atoms with Crippen LogP contribution in [0, 0.1) is 5.41 Å². The Morgan fingerprint density at radius 3 is 2.35 bits per heavy atom. The first-order chi connectivity index (χ1) is 16.4. The lowest BCUT2D eigenvalue weighted by molar-refractivity contribution is 0.0526. The molecule has 182 valence electrons. The van der Waals surface area contributed by atoms with Crippen LogP contribution >= 0.6 is 11.6 Å². The zero-order valence-electron chi connectivity index (χ0n) is 20.4. The van der Waals surface area contributed by atoms with Crippen LogP contribution in [0.3, 0.4) is 0 Å². The molecule has 5 nitrogen and oxygen atoms in total. The predicted molar refractivity (Wildman–Crippen MR) is 140 cm³/mol. The Morgan fingerprint density at radius 1 is 1.06 bits per heavy atom. The number of halogens is 1. The fourth-order valence-electron chi connectivity index (χ4n) is 5.10. The summed E-state index contributed by atoms with van der Waals surface area (Å²) in [4.78, 5) is 16.9. The normalized spacial score (nSPS) is 21.6. The van der Waals surface area contributed by atoms with E-state index in [2.05, 4.69) is 28.9 Å². The van der Waals surface area contributed by atoms with Gasteiger partial charge in [0.1, 0.15) is 0 Å². The number of allylic oxidation sites excluding steroid dienone is 1. The second-order valence-corrected chi connectivity index (χ2v) is 10.2. The van der Waals surface area contributed by atoms with Crippen LogP contribution < -0.4 is 10.6 Å². The molecule has 34 heavy (non-hydrogen) atoms. The van der Waals surface area contributed by atoms with Crippen molar-refractivity contribution in [1.29, 1.82) is 0 Å². The SMILES string of the molecule is CCOC(=O)c1ccc(N2CCN(CC3=C(c4ccc(Cl)cc4)CCC(C)(CN)C3)CC2)cc1. The van der Waals surface area contributed by atoms with Crippen molar-refractivity contribution in [3.63, 3.8) is 0 Å². The Morgan fingerprint density at radius 2 is 1.74 bits per heavy atom. The van der Waals surface area contributed by atoms with Crippen LogP contribution in [-0.2, 0) is 4.74 Å². The molecule has 1 atom stereocenters. The summed E-state index contributed by atoms with van der Waals surface area (Å²) in [6, 6.07) is 16.1. The monoisotopic (exact) mass is 481 g/mol. The zero-order valence-corrected chi connectivity index (χ0v) is 21.1. The molecule has 1 aliphatic heterocycles. The third-order valence-corrected chi connectivity index (χ3v) is 7.51. The van der Waals surface area contributed by atoms with Crippen molar-refractivity contribution in [2.24, 2.45) is 11.1 Å². The molecule has 4 rings (SSSR count). The first kappa shape index (κ1) is 24.8. The van der Waals surface area contributed by atoms with Crippen LogP contribution in [0.4, 0.5) is 5.69 Å². The van der Waals surface area contributed by atoms with E-state index in [-0.39, 0.29) is 11.4 Å². The summed E-state index contributed by atoms with van der Waals surface area (Å²) in [6.45, 7) is 10.2. The maximum atomic E-state index is 11.9. The van der Waals surface area contributed by atoms with Gasteiger partial charge in [-0.25, -0.2) is 4.79 Å². The second-order valence-electron chi connectivity index (χ2n) is 9.81. The number of carbonyl (C=O) groups excluding carboxylic acids is 1. The Kier molecular flexibility index (Phi) is 7.97. The third kappa shape index (κ3) is 5.83. The smallest absolute Gasteiger partial charge is 0.338 e. The van der Waals surface area contributed by atoms with E-state index in [1.165, 1.54) is 16.7 Å². The fraction of sp³-hybridized carbons (Fsp3) is 0.464. The molecule has 0 bridgehead atoms. The molecule has 0 amide bonds. The number of benzene rings is 2. The van der Waals surface area contributed by atoms with E-state index in [1.54, 1.807) is 0 Å². The molecular weight excluding hydrogens is 446 g/mol. The van der Waals surface area contributed by atoms with E-state index < -0.39 is 0 Å². The number of rotatable bonds is 7. The van der Waals surface area contributed by atoms with Crippen molar-refractivity contribution in [3.8, 4) is 0 Å². The lowest BCUT2D eigenvalue weighted by atomic mass is 9.71. The summed E-state index contributed by atoms with van der Waals surface area (Å²) < 4.78 is 5.09. The topological polar surface area (TPSA) is 58.8 Å². The van der Waals surface area contributed by atoms with Crippen molar-refractivity contribution in [1.82, 2.24) is 4.90 Å². The van der Waals surface area contributed by atoms with E-state index >= 15 is 0 Å². The number of hydrogen-bond donors (Lipinski definition) is 1. The lowest BCUT2D eigenvalue weighted by Gasteiger charge is -2.40. The van der Waals surface area contributed by atoms with Crippen LogP contribution in [0.2, 0.25) is 5.02 Å². The Hall–Kier alpha value is -2.34. The molecular formula is C28H36ClN3O2. The molecule has 2 aliphatic rings. The highest BCUT2D eigenvalue weighted by Gasteiger charge is 2.31. The first-order valence-electron chi connectivity index (χ1n) is 12.3. The molecule has 1 aliphatic carbocycles. The Balaban J connectivity index is 1.43. The van der Waals surface area contributed by atoms with E-state index in [0.717, 1.165) is 69.2 Å². The molecule has 2 N–H and O–H groups in total. The summed E-state index contributed by atoms with van der Waals surface area (Å²) in [5.74, 6) is -0.263. The van der Waals surface area contributed by atoms with Crippen LogP contribution in [0.5, 0.6) is 0 Å². The predicted octanol–water partition coefficient (Wildman–Crippen LogP) is 5.24. The Bertz CT molecular complexity index is 1010. The molecule has 2 aromatic carbocycles. The minimum absolute atomic E-state index is 0.174. The van der Waals surface area contributed by atoms with E-state index in [0.29, 0.717) is 12.2 Å². The molecule has 1 unspecified atom stereocenters. The molecule has 0 spiro atoms. The van der Waals surface area contributed by atoms with Crippen molar-refractivity contribution in [3.05, 3.63) is 70.3 Å². The standard InChI is InChI=1S/C28H36ClN3O2/c1-3-34-27(33)22-6-10-25(11-7-22)32-16-14-31(15-17-32)19-23-18-28(2,20-30)13-12-26(23)21-4-8-24(29)9-5-21/h4-11H,3,12-20,30H2,1-2H3. The maximum absolute atomic E-state index is 11.9. The van der Waals surface area contributed by atoms with Gasteiger partial charge in [-0.05, 0) is 85.7 Å². The first-order valence-corrected chi connectivity index (χ1v) is 12.7. The quantitative estimate of drug-likeness (QED) is 0.548. The summed E-state index contributed by atoms with van der Waals surface area (Å²) in [7, 11) is 0. The summed E-state index contributed by atoms with van der Waals surface area (Å²) in [5, 5.41) is 0.778. The van der Waals surface area contributed by atoms with Gasteiger partial charge in [-0.3, -0.25) is 4.90 Å². The van der Waals surface area contributed by atoms with Gasteiger partial charge in [-0.2, -0.15) is 0 Å². The number of nitrogens with two attached hydrogens (primary N) is 1. The van der Waals surface area contributed by atoms with Gasteiger partial charge in [0.05, 0.1) is 12.2 Å². The number of nitrogens with zero attached hydrogens (tertiary/aromatic N) is 2. The van der Waals surface area contributed by atoms with Gasteiger partial charge >= 0.3 is 5.97 Å². The van der Waals surface area contributed by atoms with E-state index in [1.807, 2.05) is 43.3 Å². The van der Waals surface area contributed by atoms with Gasteiger partial charge in [0.15, 0.2) is 0 Å². The minimum Gasteiger partial charge on any atom is -0.462 e. The van der Waals surface area contributed by atoms with Gasteiger partial charge in [0.2, 0.25) is 0 Å². The molecule has 0 saturated carbocycles. The number of esters is 1. The van der Waals surface area contributed by atoms with Crippen LogP contribution in [0.1, 0.15) is 49.0 Å². The highest BCUT2D eigenvalue weighted by molar-refractivity contribution is 6.30. The molecule has 0 radical (unpaired) electrons. The van der Waals surface area contributed by atoms with Gasteiger partial charge in [0.25, 0.3) is 0 Å². The van der Waals surface area contributed by atoms with Crippen LogP contribution in [0.15, 0.2) is 54.1 Å². The van der Waals surface area contributed by atoms with Crippen molar-refractivity contribution < 1.29 is 9.53 Å². The van der Waals surface area contributed by atoms with Gasteiger partial charge in [0, 0.05) is 43.4 Å². The fourth-order valence-corrected chi connectivity index (χ4v) is 5.22. The number of anilines is 1. The lowest BCUT2D eigenvalue weighted by Crippen LogP contribution is -2.47. The van der Waals surface area contributed by atoms with Gasteiger partial charge in [-0.1, -0.05) is 36.2 Å². The summed E-state index contributed by atoms with van der Waals surface area (Å²) in [5.41, 5.74) is 12.4. The van der Waals surface area contributed by atoms with Crippen LogP contribution in [0.25, 0.3) is 5.57 Å². The third-order valence-electron chi connectivity index (χ3n) is 7.26. The molecule has 1 saturated heterocycles. The summed E-state index contributed by atoms with van der Waals surface area (Å²) >= 11 is 6.14. The second kappa shape index (κ2) is 10.9. The number of carbonyl (C=O) groups is 1. The largest absolute Gasteiger partial charge is 0.462 e. The summed E-state index contributed by atoms with van der Waals surface area (Å²) in [6.07, 6.45) is 3.25. The molecule has 6 heteroatoms. The van der Waals surface area contributed by atoms with Crippen molar-refractivity contribution in [2.45, 2.75) is 33.1 Å². The van der Waals surface area contributed by atoms with Crippen LogP contribution in [-0.4, -0.2) is 56.7 Å². The van der Waals surface area contributed by atoms with E-state index in [4.69, 9.17) is 22.1 Å². The number of piperazine rings is 1. The zero-order chi connectivity index (χ0) is 24.1. The van der Waals surface area contributed by atoms with E-state index in [9.17, 15) is 4.79 Å². The maximum Gasteiger partial charge on any atom is 0.338 e. The highest BCUT2D eigenvalue weighted by atomic mass is 35.5. The van der Waals surface area contributed by atoms with Gasteiger partial charge < -0.3 is 15.4 Å². The average Bonchev–Trinajstić information content (AvgIpc) is 2.86. The number of hydrogen-bond acceptors (Lipinski definition) is 5. The van der Waals surface area contributed by atoms with Gasteiger partial charge in [-0.15, -0.1) is 0 Å². The van der Waals surface area contributed by atoms with Crippen molar-refractivity contribution >= 4 is 28.8 Å². The highest BCUT2D eigenvalue weighted by Crippen LogP contribution is 2.42. The minimum atomic E-state index is -0.263. The molecule has 1 fully saturated rings. The Labute approximate surface area is 208 Å². The van der Waals surface area contributed by atoms with Crippen molar-refractivity contribution in [2.75, 3.05) is 50.8 Å². The molecule has 1 heterocycles. The average molecular weight is 482 g/mol. The molecule has 0 aromatic heterocycles. The molecule has 2 aromatic rings. The number of ether oxygens (including phenoxy) is 1.